The van der Waals surface area contributed by atoms with E-state index < -0.39 is 0 Å². The summed E-state index contributed by atoms with van der Waals surface area (Å²) in [7, 11) is 0. The zero-order valence-electron chi connectivity index (χ0n) is 9.82. The number of hydrogen-bond donors (Lipinski definition) is 1. The van der Waals surface area contributed by atoms with Gasteiger partial charge in [0.2, 0.25) is 0 Å². The van der Waals surface area contributed by atoms with E-state index in [1.165, 1.54) is 36.9 Å². The van der Waals surface area contributed by atoms with Crippen LogP contribution in [0.3, 0.4) is 0 Å². The minimum atomic E-state index is 0.700. The van der Waals surface area contributed by atoms with E-state index in [2.05, 4.69) is 16.4 Å². The smallest absolute Gasteiger partial charge is 0.0595 e. The second kappa shape index (κ2) is 4.79. The molecule has 1 saturated heterocycles. The Bertz CT molecular complexity index is 442. The van der Waals surface area contributed by atoms with E-state index in [-0.39, 0.29) is 0 Å². The quantitative estimate of drug-likeness (QED) is 0.826. The molecular weight excluding hydrogens is 232 g/mol. The van der Waals surface area contributed by atoms with E-state index in [0.29, 0.717) is 5.92 Å². The van der Waals surface area contributed by atoms with Crippen LogP contribution in [0.1, 0.15) is 24.8 Å². The molecule has 2 heterocycles. The maximum atomic E-state index is 6.00. The van der Waals surface area contributed by atoms with Crippen molar-refractivity contribution in [1.29, 1.82) is 0 Å². The van der Waals surface area contributed by atoms with Crippen molar-refractivity contribution in [2.45, 2.75) is 19.3 Å². The molecule has 1 aliphatic carbocycles. The number of nitrogens with zero attached hydrogens (tertiary/aromatic N) is 1. The lowest BCUT2D eigenvalue weighted by Crippen LogP contribution is -2.37. The molecule has 3 heteroatoms. The number of halogens is 1. The second-order valence-corrected chi connectivity index (χ2v) is 5.48. The molecule has 1 fully saturated rings. The first-order chi connectivity index (χ1) is 8.33. The van der Waals surface area contributed by atoms with E-state index in [9.17, 15) is 0 Å². The summed E-state index contributed by atoms with van der Waals surface area (Å²) in [6.07, 6.45) is 9.86. The fraction of sp³-hybridized carbons (Fsp3) is 0.500. The Balaban J connectivity index is 1.86. The number of nitrogens with one attached hydrogen (secondary N) is 1. The number of rotatable bonds is 1. The standard InChI is InChI=1S/C14H17ClN2/c15-14-6-13(8-17-9-14)11-2-1-10-3-4-16-7-12(10)5-11/h5-6,8-10,12,16H,1-4,7H2/t10-,12+/m0/s1. The van der Waals surface area contributed by atoms with Crippen LogP contribution in [0.15, 0.2) is 24.5 Å². The molecular formula is C14H17ClN2. The van der Waals surface area contributed by atoms with E-state index in [1.807, 2.05) is 12.3 Å². The van der Waals surface area contributed by atoms with E-state index in [1.54, 1.807) is 6.20 Å². The van der Waals surface area contributed by atoms with Crippen molar-refractivity contribution >= 4 is 17.2 Å². The molecule has 2 nitrogen and oxygen atoms in total. The molecule has 0 radical (unpaired) electrons. The average Bonchev–Trinajstić information content (AvgIpc) is 2.38. The number of hydrogen-bond acceptors (Lipinski definition) is 2. The first kappa shape index (κ1) is 11.2. The third-order valence-corrected chi connectivity index (χ3v) is 4.16. The highest BCUT2D eigenvalue weighted by molar-refractivity contribution is 6.30. The van der Waals surface area contributed by atoms with Crippen molar-refractivity contribution in [3.05, 3.63) is 35.1 Å². The summed E-state index contributed by atoms with van der Waals surface area (Å²) < 4.78 is 0. The van der Waals surface area contributed by atoms with E-state index >= 15 is 0 Å². The van der Waals surface area contributed by atoms with Gasteiger partial charge in [0.25, 0.3) is 0 Å². The third kappa shape index (κ3) is 2.38. The van der Waals surface area contributed by atoms with Gasteiger partial charge >= 0.3 is 0 Å². The number of piperidine rings is 1. The first-order valence-corrected chi connectivity index (χ1v) is 6.73. The minimum absolute atomic E-state index is 0.700. The summed E-state index contributed by atoms with van der Waals surface area (Å²) in [6, 6.07) is 2.02. The maximum Gasteiger partial charge on any atom is 0.0595 e. The zero-order valence-corrected chi connectivity index (χ0v) is 10.6. The molecule has 17 heavy (non-hydrogen) atoms. The lowest BCUT2D eigenvalue weighted by molar-refractivity contribution is 0.279. The number of allylic oxidation sites excluding steroid dienone is 1. The van der Waals surface area contributed by atoms with Gasteiger partial charge in [-0.1, -0.05) is 17.7 Å². The van der Waals surface area contributed by atoms with Crippen molar-refractivity contribution in [1.82, 2.24) is 10.3 Å². The first-order valence-electron chi connectivity index (χ1n) is 6.35. The van der Waals surface area contributed by atoms with E-state index in [0.717, 1.165) is 17.5 Å². The van der Waals surface area contributed by atoms with Gasteiger partial charge in [-0.05, 0) is 54.8 Å². The number of fused-ring (bicyclic) bond motifs is 1. The van der Waals surface area contributed by atoms with Crippen LogP contribution in [0.2, 0.25) is 5.02 Å². The van der Waals surface area contributed by atoms with Crippen LogP contribution >= 0.6 is 11.6 Å². The summed E-state index contributed by atoms with van der Waals surface area (Å²) >= 11 is 6.00. The largest absolute Gasteiger partial charge is 0.316 e. The summed E-state index contributed by atoms with van der Waals surface area (Å²) in [5, 5.41) is 4.21. The monoisotopic (exact) mass is 248 g/mol. The van der Waals surface area contributed by atoms with Gasteiger partial charge in [0.1, 0.15) is 0 Å². The Morgan fingerprint density at radius 2 is 2.24 bits per heavy atom. The van der Waals surface area contributed by atoms with Crippen molar-refractivity contribution in [3.63, 3.8) is 0 Å². The highest BCUT2D eigenvalue weighted by Crippen LogP contribution is 2.36. The second-order valence-electron chi connectivity index (χ2n) is 5.04. The van der Waals surface area contributed by atoms with Crippen LogP contribution in [0.25, 0.3) is 5.57 Å². The molecule has 1 N–H and O–H groups in total. The molecule has 0 bridgehead atoms. The summed E-state index contributed by atoms with van der Waals surface area (Å²) in [5.41, 5.74) is 2.62. The molecule has 1 aromatic heterocycles. The van der Waals surface area contributed by atoms with Gasteiger partial charge in [-0.3, -0.25) is 4.98 Å². The number of pyridine rings is 1. The fourth-order valence-electron chi connectivity index (χ4n) is 3.00. The van der Waals surface area contributed by atoms with Gasteiger partial charge in [-0.15, -0.1) is 0 Å². The van der Waals surface area contributed by atoms with Crippen LogP contribution < -0.4 is 5.32 Å². The van der Waals surface area contributed by atoms with Crippen LogP contribution in [0, 0.1) is 11.8 Å². The maximum absolute atomic E-state index is 6.00. The predicted molar refractivity (Wildman–Crippen MR) is 70.9 cm³/mol. The van der Waals surface area contributed by atoms with Crippen molar-refractivity contribution in [2.75, 3.05) is 13.1 Å². The van der Waals surface area contributed by atoms with Crippen molar-refractivity contribution in [3.8, 4) is 0 Å². The van der Waals surface area contributed by atoms with Crippen molar-refractivity contribution < 1.29 is 0 Å². The lowest BCUT2D eigenvalue weighted by atomic mass is 9.76. The lowest BCUT2D eigenvalue weighted by Gasteiger charge is -2.34. The van der Waals surface area contributed by atoms with Crippen molar-refractivity contribution in [2.24, 2.45) is 11.8 Å². The van der Waals surface area contributed by atoms with Crippen LogP contribution in [-0.4, -0.2) is 18.1 Å². The van der Waals surface area contributed by atoms with Crippen LogP contribution in [0.5, 0.6) is 0 Å². The molecule has 3 rings (SSSR count). The minimum Gasteiger partial charge on any atom is -0.316 e. The third-order valence-electron chi connectivity index (χ3n) is 3.95. The zero-order chi connectivity index (χ0) is 11.7. The van der Waals surface area contributed by atoms with Gasteiger partial charge < -0.3 is 5.32 Å². The fourth-order valence-corrected chi connectivity index (χ4v) is 3.17. The Hall–Kier alpha value is -0.860. The topological polar surface area (TPSA) is 24.9 Å². The molecule has 0 spiro atoms. The van der Waals surface area contributed by atoms with Gasteiger partial charge in [0.05, 0.1) is 5.02 Å². The average molecular weight is 249 g/mol. The molecule has 0 amide bonds. The molecule has 90 valence electrons. The van der Waals surface area contributed by atoms with Crippen LogP contribution in [0.4, 0.5) is 0 Å². The highest BCUT2D eigenvalue weighted by atomic mass is 35.5. The summed E-state index contributed by atoms with van der Waals surface area (Å²) in [6.45, 7) is 2.31. The molecule has 2 atom stereocenters. The molecule has 0 saturated carbocycles. The van der Waals surface area contributed by atoms with Gasteiger partial charge in [-0.2, -0.15) is 0 Å². The predicted octanol–water partition coefficient (Wildman–Crippen LogP) is 3.14. The van der Waals surface area contributed by atoms with Gasteiger partial charge in [-0.25, -0.2) is 0 Å². The van der Waals surface area contributed by atoms with Crippen LogP contribution in [-0.2, 0) is 0 Å². The Morgan fingerprint density at radius 3 is 3.12 bits per heavy atom. The van der Waals surface area contributed by atoms with Gasteiger partial charge in [0.15, 0.2) is 0 Å². The highest BCUT2D eigenvalue weighted by Gasteiger charge is 2.27. The SMILES string of the molecule is Clc1cncc(C2=C[C@@H]3CNCC[C@@H]3CC2)c1. The molecule has 2 aliphatic rings. The Labute approximate surface area is 107 Å². The Kier molecular flexibility index (Phi) is 3.17. The molecule has 0 unspecified atom stereocenters. The summed E-state index contributed by atoms with van der Waals surface area (Å²) in [5.74, 6) is 1.58. The normalized spacial score (nSPS) is 28.4. The number of aromatic nitrogens is 1. The van der Waals surface area contributed by atoms with Gasteiger partial charge in [0, 0.05) is 18.9 Å². The molecule has 1 aliphatic heterocycles. The Morgan fingerprint density at radius 1 is 1.29 bits per heavy atom. The molecule has 0 aromatic carbocycles. The molecule has 1 aromatic rings. The summed E-state index contributed by atoms with van der Waals surface area (Å²) in [4.78, 5) is 4.18. The van der Waals surface area contributed by atoms with E-state index in [4.69, 9.17) is 11.6 Å².